The SMILES string of the molecule is O=c1c(N2CCOCC2)nc(CCCO)cn1-c1ccc(-n2ccnn2)cc1. The normalized spacial score (nSPS) is 14.4. The highest BCUT2D eigenvalue weighted by atomic mass is 16.5. The van der Waals surface area contributed by atoms with Crippen LogP contribution in [-0.4, -0.2) is 62.6 Å². The molecule has 0 unspecified atom stereocenters. The van der Waals surface area contributed by atoms with Gasteiger partial charge in [-0.25, -0.2) is 9.67 Å². The summed E-state index contributed by atoms with van der Waals surface area (Å²) in [4.78, 5) is 19.7. The minimum atomic E-state index is -0.164. The van der Waals surface area contributed by atoms with Crippen molar-refractivity contribution in [2.45, 2.75) is 12.8 Å². The van der Waals surface area contributed by atoms with Gasteiger partial charge in [-0.15, -0.1) is 5.10 Å². The maximum absolute atomic E-state index is 13.1. The molecule has 1 aliphatic heterocycles. The van der Waals surface area contributed by atoms with E-state index in [0.29, 0.717) is 45.0 Å². The van der Waals surface area contributed by atoms with E-state index in [9.17, 15) is 9.90 Å². The van der Waals surface area contributed by atoms with Crippen molar-refractivity contribution in [3.05, 3.63) is 58.9 Å². The Balaban J connectivity index is 1.73. The lowest BCUT2D eigenvalue weighted by atomic mass is 10.2. The maximum atomic E-state index is 13.1. The second kappa shape index (κ2) is 8.32. The Morgan fingerprint density at radius 2 is 1.86 bits per heavy atom. The molecule has 3 aromatic rings. The molecular weight excluding hydrogens is 360 g/mol. The summed E-state index contributed by atoms with van der Waals surface area (Å²) in [5.74, 6) is 0.430. The standard InChI is InChI=1S/C19H22N6O3/c26-11-1-2-15-14-24(19(27)18(21-15)23-9-12-28-13-10-23)16-3-5-17(6-4-16)25-8-7-20-22-25/h3-8,14,26H,1-2,9-13H2. The van der Waals surface area contributed by atoms with Crippen LogP contribution in [0.4, 0.5) is 5.82 Å². The molecule has 2 aromatic heterocycles. The molecule has 0 spiro atoms. The molecule has 4 rings (SSSR count). The van der Waals surface area contributed by atoms with Crippen LogP contribution in [0, 0.1) is 0 Å². The van der Waals surface area contributed by atoms with Crippen molar-refractivity contribution in [2.24, 2.45) is 0 Å². The third-order valence-electron chi connectivity index (χ3n) is 4.65. The Morgan fingerprint density at radius 1 is 1.11 bits per heavy atom. The first kappa shape index (κ1) is 18.3. The molecule has 0 aliphatic carbocycles. The highest BCUT2D eigenvalue weighted by Crippen LogP contribution is 2.15. The van der Waals surface area contributed by atoms with Gasteiger partial charge in [0.2, 0.25) is 0 Å². The highest BCUT2D eigenvalue weighted by Gasteiger charge is 2.19. The van der Waals surface area contributed by atoms with Crippen LogP contribution in [0.25, 0.3) is 11.4 Å². The molecule has 9 heteroatoms. The van der Waals surface area contributed by atoms with E-state index < -0.39 is 0 Å². The Labute approximate surface area is 161 Å². The minimum Gasteiger partial charge on any atom is -0.396 e. The van der Waals surface area contributed by atoms with Crippen molar-refractivity contribution in [3.63, 3.8) is 0 Å². The Hall–Kier alpha value is -3.04. The molecular formula is C19H22N6O3. The first-order valence-electron chi connectivity index (χ1n) is 9.29. The van der Waals surface area contributed by atoms with Gasteiger partial charge in [-0.3, -0.25) is 9.36 Å². The molecule has 9 nitrogen and oxygen atoms in total. The Kier molecular flexibility index (Phi) is 5.45. The second-order valence-electron chi connectivity index (χ2n) is 6.52. The number of morpholine rings is 1. The van der Waals surface area contributed by atoms with Gasteiger partial charge < -0.3 is 14.7 Å². The van der Waals surface area contributed by atoms with E-state index in [1.165, 1.54) is 0 Å². The van der Waals surface area contributed by atoms with E-state index in [2.05, 4.69) is 15.3 Å². The highest BCUT2D eigenvalue weighted by molar-refractivity contribution is 5.45. The Bertz CT molecular complexity index is 962. The van der Waals surface area contributed by atoms with Crippen molar-refractivity contribution in [3.8, 4) is 11.4 Å². The van der Waals surface area contributed by atoms with Crippen LogP contribution >= 0.6 is 0 Å². The van der Waals surface area contributed by atoms with Gasteiger partial charge in [0, 0.05) is 31.6 Å². The number of aliphatic hydroxyl groups excluding tert-OH is 1. The summed E-state index contributed by atoms with van der Waals surface area (Å²) in [6.07, 6.45) is 6.33. The maximum Gasteiger partial charge on any atom is 0.298 e. The predicted octanol–water partition coefficient (Wildman–Crippen LogP) is 0.575. The number of aliphatic hydroxyl groups is 1. The lowest BCUT2D eigenvalue weighted by Gasteiger charge is -2.28. The van der Waals surface area contributed by atoms with Crippen LogP contribution in [-0.2, 0) is 11.2 Å². The molecule has 28 heavy (non-hydrogen) atoms. The number of ether oxygens (including phenoxy) is 1. The molecule has 1 fully saturated rings. The third kappa shape index (κ3) is 3.80. The van der Waals surface area contributed by atoms with Crippen LogP contribution in [0.2, 0.25) is 0 Å². The number of aromatic nitrogens is 5. The predicted molar refractivity (Wildman–Crippen MR) is 103 cm³/mol. The minimum absolute atomic E-state index is 0.0836. The van der Waals surface area contributed by atoms with Gasteiger partial charge in [0.25, 0.3) is 5.56 Å². The van der Waals surface area contributed by atoms with E-state index in [-0.39, 0.29) is 12.2 Å². The van der Waals surface area contributed by atoms with Gasteiger partial charge in [-0.1, -0.05) is 5.21 Å². The lowest BCUT2D eigenvalue weighted by Crippen LogP contribution is -2.41. The lowest BCUT2D eigenvalue weighted by molar-refractivity contribution is 0.122. The first-order valence-corrected chi connectivity index (χ1v) is 9.29. The molecule has 0 atom stereocenters. The Morgan fingerprint density at radius 3 is 2.54 bits per heavy atom. The molecule has 1 N–H and O–H groups in total. The largest absolute Gasteiger partial charge is 0.396 e. The fourth-order valence-corrected chi connectivity index (χ4v) is 3.19. The summed E-state index contributed by atoms with van der Waals surface area (Å²) >= 11 is 0. The van der Waals surface area contributed by atoms with Gasteiger partial charge in [-0.05, 0) is 37.1 Å². The molecule has 0 amide bonds. The van der Waals surface area contributed by atoms with Crippen LogP contribution in [0.3, 0.4) is 0 Å². The molecule has 0 bridgehead atoms. The average molecular weight is 382 g/mol. The number of aryl methyl sites for hydroxylation is 1. The van der Waals surface area contributed by atoms with Crippen molar-refractivity contribution in [1.29, 1.82) is 0 Å². The average Bonchev–Trinajstić information content (AvgIpc) is 3.29. The van der Waals surface area contributed by atoms with E-state index in [1.54, 1.807) is 27.8 Å². The zero-order valence-electron chi connectivity index (χ0n) is 15.4. The zero-order valence-corrected chi connectivity index (χ0v) is 15.4. The summed E-state index contributed by atoms with van der Waals surface area (Å²) < 4.78 is 8.67. The van der Waals surface area contributed by atoms with Gasteiger partial charge >= 0.3 is 0 Å². The molecule has 0 radical (unpaired) electrons. The molecule has 1 saturated heterocycles. The summed E-state index contributed by atoms with van der Waals surface area (Å²) in [6, 6.07) is 7.52. The van der Waals surface area contributed by atoms with Crippen molar-refractivity contribution in [2.75, 3.05) is 37.8 Å². The monoisotopic (exact) mass is 382 g/mol. The molecule has 1 aromatic carbocycles. The molecule has 146 valence electrons. The van der Waals surface area contributed by atoms with Gasteiger partial charge in [0.05, 0.1) is 37.0 Å². The molecule has 0 saturated carbocycles. The number of nitrogens with zero attached hydrogens (tertiary/aromatic N) is 6. The summed E-state index contributed by atoms with van der Waals surface area (Å²) in [5, 5.41) is 17.0. The number of rotatable bonds is 6. The summed E-state index contributed by atoms with van der Waals surface area (Å²) in [6.45, 7) is 2.51. The second-order valence-corrected chi connectivity index (χ2v) is 6.52. The van der Waals surface area contributed by atoms with Crippen molar-refractivity contribution < 1.29 is 9.84 Å². The molecule has 1 aliphatic rings. The quantitative estimate of drug-likeness (QED) is 0.666. The van der Waals surface area contributed by atoms with Crippen LogP contribution in [0.15, 0.2) is 47.7 Å². The van der Waals surface area contributed by atoms with Crippen LogP contribution < -0.4 is 10.5 Å². The number of anilines is 1. The first-order chi connectivity index (χ1) is 13.8. The van der Waals surface area contributed by atoms with Gasteiger partial charge in [-0.2, -0.15) is 0 Å². The molecule has 3 heterocycles. The van der Waals surface area contributed by atoms with Gasteiger partial charge in [0.1, 0.15) is 0 Å². The van der Waals surface area contributed by atoms with E-state index in [0.717, 1.165) is 17.1 Å². The number of hydrogen-bond acceptors (Lipinski definition) is 7. The number of benzene rings is 1. The third-order valence-corrected chi connectivity index (χ3v) is 4.65. The van der Waals surface area contributed by atoms with Crippen molar-refractivity contribution >= 4 is 5.82 Å². The zero-order chi connectivity index (χ0) is 19.3. The fraction of sp³-hybridized carbons (Fsp3) is 0.368. The topological polar surface area (TPSA) is 98.3 Å². The van der Waals surface area contributed by atoms with E-state index in [1.807, 2.05) is 29.2 Å². The number of hydrogen-bond donors (Lipinski definition) is 1. The van der Waals surface area contributed by atoms with Crippen LogP contribution in [0.5, 0.6) is 0 Å². The van der Waals surface area contributed by atoms with Gasteiger partial charge in [0.15, 0.2) is 5.82 Å². The van der Waals surface area contributed by atoms with E-state index in [4.69, 9.17) is 4.74 Å². The summed E-state index contributed by atoms with van der Waals surface area (Å²) in [5.41, 5.74) is 2.21. The van der Waals surface area contributed by atoms with E-state index >= 15 is 0 Å². The van der Waals surface area contributed by atoms with Crippen LogP contribution in [0.1, 0.15) is 12.1 Å². The fourth-order valence-electron chi connectivity index (χ4n) is 3.19. The summed E-state index contributed by atoms with van der Waals surface area (Å²) in [7, 11) is 0. The smallest absolute Gasteiger partial charge is 0.298 e. The van der Waals surface area contributed by atoms with Crippen molar-refractivity contribution in [1.82, 2.24) is 24.5 Å².